The van der Waals surface area contributed by atoms with Crippen molar-refractivity contribution in [1.82, 2.24) is 4.90 Å². The van der Waals surface area contributed by atoms with Crippen molar-refractivity contribution in [2.45, 2.75) is 6.54 Å². The SMILES string of the molecule is COc1ccc(C(=O)N(C)Cc2c(F)cccc2Cl)c(OC)c1OC. The van der Waals surface area contributed by atoms with Crippen molar-refractivity contribution in [2.75, 3.05) is 28.4 Å². The highest BCUT2D eigenvalue weighted by Gasteiger charge is 2.24. The van der Waals surface area contributed by atoms with Gasteiger partial charge in [-0.25, -0.2) is 4.39 Å². The second kappa shape index (κ2) is 8.07. The van der Waals surface area contributed by atoms with Gasteiger partial charge in [-0.05, 0) is 24.3 Å². The Labute approximate surface area is 150 Å². The number of carbonyl (C=O) groups excluding carboxylic acids is 1. The van der Waals surface area contributed by atoms with E-state index in [0.29, 0.717) is 11.5 Å². The molecule has 2 aromatic carbocycles. The van der Waals surface area contributed by atoms with Gasteiger partial charge in [0.25, 0.3) is 5.91 Å². The Morgan fingerprint density at radius 1 is 1.08 bits per heavy atom. The number of halogens is 2. The van der Waals surface area contributed by atoms with E-state index in [1.807, 2.05) is 0 Å². The number of benzene rings is 2. The van der Waals surface area contributed by atoms with Gasteiger partial charge in [-0.15, -0.1) is 0 Å². The molecule has 0 heterocycles. The van der Waals surface area contributed by atoms with Gasteiger partial charge in [0.05, 0.1) is 26.9 Å². The molecule has 0 saturated carbocycles. The number of hydrogen-bond donors (Lipinski definition) is 0. The maximum Gasteiger partial charge on any atom is 0.257 e. The molecule has 0 N–H and O–H groups in total. The van der Waals surface area contributed by atoms with Crippen LogP contribution >= 0.6 is 11.6 Å². The first-order valence-corrected chi connectivity index (χ1v) is 7.79. The van der Waals surface area contributed by atoms with E-state index in [0.717, 1.165) is 0 Å². The molecule has 0 radical (unpaired) electrons. The molecule has 7 heteroatoms. The molecule has 2 aromatic rings. The standard InChI is InChI=1S/C18H19ClFNO4/c1-21(10-12-13(19)6-5-7-14(12)20)18(22)11-8-9-15(23-2)17(25-4)16(11)24-3/h5-9H,10H2,1-4H3. The lowest BCUT2D eigenvalue weighted by atomic mass is 10.1. The molecule has 1 amide bonds. The molecule has 0 atom stereocenters. The Morgan fingerprint density at radius 3 is 2.32 bits per heavy atom. The highest BCUT2D eigenvalue weighted by molar-refractivity contribution is 6.31. The van der Waals surface area contributed by atoms with Gasteiger partial charge >= 0.3 is 0 Å². The quantitative estimate of drug-likeness (QED) is 0.779. The molecule has 5 nitrogen and oxygen atoms in total. The van der Waals surface area contributed by atoms with Crippen LogP contribution in [0.15, 0.2) is 30.3 Å². The van der Waals surface area contributed by atoms with Crippen LogP contribution in [0.5, 0.6) is 17.2 Å². The van der Waals surface area contributed by atoms with Crippen molar-refractivity contribution < 1.29 is 23.4 Å². The smallest absolute Gasteiger partial charge is 0.257 e. The molecule has 0 aliphatic heterocycles. The second-order valence-electron chi connectivity index (χ2n) is 5.24. The summed E-state index contributed by atoms with van der Waals surface area (Å²) in [6.07, 6.45) is 0. The van der Waals surface area contributed by atoms with Crippen molar-refractivity contribution in [3.8, 4) is 17.2 Å². The summed E-state index contributed by atoms with van der Waals surface area (Å²) in [7, 11) is 5.94. The van der Waals surface area contributed by atoms with Gasteiger partial charge in [0.1, 0.15) is 5.82 Å². The van der Waals surface area contributed by atoms with Crippen LogP contribution in [0, 0.1) is 5.82 Å². The molecule has 0 saturated heterocycles. The maximum absolute atomic E-state index is 14.0. The van der Waals surface area contributed by atoms with E-state index in [1.54, 1.807) is 25.2 Å². The molecule has 0 spiro atoms. The minimum absolute atomic E-state index is 0.0157. The van der Waals surface area contributed by atoms with E-state index in [-0.39, 0.29) is 34.4 Å². The molecule has 0 aromatic heterocycles. The van der Waals surface area contributed by atoms with Gasteiger partial charge in [0.15, 0.2) is 11.5 Å². The van der Waals surface area contributed by atoms with E-state index in [2.05, 4.69) is 0 Å². The van der Waals surface area contributed by atoms with Crippen LogP contribution in [0.2, 0.25) is 5.02 Å². The Hall–Kier alpha value is -2.47. The molecule has 2 rings (SSSR count). The van der Waals surface area contributed by atoms with Crippen LogP contribution in [0.4, 0.5) is 4.39 Å². The molecule has 0 fully saturated rings. The third kappa shape index (κ3) is 3.79. The van der Waals surface area contributed by atoms with Crippen molar-refractivity contribution in [3.63, 3.8) is 0 Å². The normalized spacial score (nSPS) is 10.3. The molecule has 25 heavy (non-hydrogen) atoms. The highest BCUT2D eigenvalue weighted by atomic mass is 35.5. The van der Waals surface area contributed by atoms with Crippen molar-refractivity contribution >= 4 is 17.5 Å². The topological polar surface area (TPSA) is 48.0 Å². The van der Waals surface area contributed by atoms with Crippen LogP contribution in [-0.4, -0.2) is 39.2 Å². The summed E-state index contributed by atoms with van der Waals surface area (Å²) in [4.78, 5) is 14.2. The Kier molecular flexibility index (Phi) is 6.09. The summed E-state index contributed by atoms with van der Waals surface area (Å²) in [5.41, 5.74) is 0.523. The molecular weight excluding hydrogens is 349 g/mol. The summed E-state index contributed by atoms with van der Waals surface area (Å²) in [5, 5.41) is 0.263. The fourth-order valence-corrected chi connectivity index (χ4v) is 2.69. The summed E-state index contributed by atoms with van der Waals surface area (Å²) >= 11 is 6.03. The first-order chi connectivity index (χ1) is 11.9. The summed E-state index contributed by atoms with van der Waals surface area (Å²) < 4.78 is 29.8. The number of amides is 1. The van der Waals surface area contributed by atoms with Gasteiger partial charge in [-0.3, -0.25) is 4.79 Å². The van der Waals surface area contributed by atoms with Crippen LogP contribution in [-0.2, 0) is 6.54 Å². The molecule has 134 valence electrons. The fourth-order valence-electron chi connectivity index (χ4n) is 2.47. The fraction of sp³-hybridized carbons (Fsp3) is 0.278. The lowest BCUT2D eigenvalue weighted by Gasteiger charge is -2.21. The van der Waals surface area contributed by atoms with Crippen molar-refractivity contribution in [1.29, 1.82) is 0 Å². The van der Waals surface area contributed by atoms with Crippen LogP contribution in [0.3, 0.4) is 0 Å². The van der Waals surface area contributed by atoms with E-state index < -0.39 is 5.82 Å². The number of ether oxygens (including phenoxy) is 3. The van der Waals surface area contributed by atoms with Crippen LogP contribution < -0.4 is 14.2 Å². The third-order valence-electron chi connectivity index (χ3n) is 3.74. The number of methoxy groups -OCH3 is 3. The summed E-state index contributed by atoms with van der Waals surface area (Å²) in [6, 6.07) is 7.58. The lowest BCUT2D eigenvalue weighted by Crippen LogP contribution is -2.27. The van der Waals surface area contributed by atoms with Gasteiger partial charge in [0, 0.05) is 24.2 Å². The van der Waals surface area contributed by atoms with Gasteiger partial charge in [0.2, 0.25) is 5.75 Å². The van der Waals surface area contributed by atoms with Gasteiger partial charge < -0.3 is 19.1 Å². The Morgan fingerprint density at radius 2 is 1.76 bits per heavy atom. The van der Waals surface area contributed by atoms with Gasteiger partial charge in [-0.2, -0.15) is 0 Å². The average Bonchev–Trinajstić information content (AvgIpc) is 2.62. The Balaban J connectivity index is 2.37. The van der Waals surface area contributed by atoms with Crippen molar-refractivity contribution in [3.05, 3.63) is 52.3 Å². The zero-order valence-electron chi connectivity index (χ0n) is 14.4. The number of nitrogens with zero attached hydrogens (tertiary/aromatic N) is 1. The molecular formula is C18H19ClFNO4. The summed E-state index contributed by atoms with van der Waals surface area (Å²) in [6.45, 7) is 0.0157. The average molecular weight is 368 g/mol. The third-order valence-corrected chi connectivity index (χ3v) is 4.09. The Bertz CT molecular complexity index is 762. The van der Waals surface area contributed by atoms with Gasteiger partial charge in [-0.1, -0.05) is 17.7 Å². The first-order valence-electron chi connectivity index (χ1n) is 7.41. The zero-order chi connectivity index (χ0) is 18.6. The minimum atomic E-state index is -0.466. The monoisotopic (exact) mass is 367 g/mol. The van der Waals surface area contributed by atoms with E-state index in [1.165, 1.54) is 38.4 Å². The van der Waals surface area contributed by atoms with E-state index >= 15 is 0 Å². The summed E-state index contributed by atoms with van der Waals surface area (Å²) in [5.74, 6) is 0.172. The number of hydrogen-bond acceptors (Lipinski definition) is 4. The minimum Gasteiger partial charge on any atom is -0.493 e. The number of rotatable bonds is 6. The highest BCUT2D eigenvalue weighted by Crippen LogP contribution is 2.40. The van der Waals surface area contributed by atoms with E-state index in [4.69, 9.17) is 25.8 Å². The molecule has 0 bridgehead atoms. The second-order valence-corrected chi connectivity index (χ2v) is 5.65. The van der Waals surface area contributed by atoms with E-state index in [9.17, 15) is 9.18 Å². The predicted molar refractivity (Wildman–Crippen MR) is 93.3 cm³/mol. The number of carbonyl (C=O) groups is 1. The largest absolute Gasteiger partial charge is 0.493 e. The zero-order valence-corrected chi connectivity index (χ0v) is 15.2. The van der Waals surface area contributed by atoms with Crippen LogP contribution in [0.25, 0.3) is 0 Å². The van der Waals surface area contributed by atoms with Crippen LogP contribution in [0.1, 0.15) is 15.9 Å². The molecule has 0 aliphatic rings. The molecule has 0 unspecified atom stereocenters. The van der Waals surface area contributed by atoms with Crippen molar-refractivity contribution in [2.24, 2.45) is 0 Å². The maximum atomic E-state index is 14.0. The first kappa shape index (κ1) is 18.9. The predicted octanol–water partition coefficient (Wildman–Crippen LogP) is 3.78. The lowest BCUT2D eigenvalue weighted by molar-refractivity contribution is 0.0779. The molecule has 0 aliphatic carbocycles.